The molecule has 0 fully saturated rings. The predicted molar refractivity (Wildman–Crippen MR) is 61.9 cm³/mol. The van der Waals surface area contributed by atoms with Crippen LogP contribution in [0.25, 0.3) is 0 Å². The maximum Gasteiger partial charge on any atom is 0.113 e. The van der Waals surface area contributed by atoms with Crippen molar-refractivity contribution < 1.29 is 4.21 Å². The number of hydrogen-bond acceptors (Lipinski definition) is 3. The molecule has 1 atom stereocenters. The fourth-order valence-electron chi connectivity index (χ4n) is 0.714. The van der Waals surface area contributed by atoms with E-state index >= 15 is 0 Å². The number of aromatic nitrogens is 1. The van der Waals surface area contributed by atoms with Gasteiger partial charge in [-0.15, -0.1) is 11.3 Å². The summed E-state index contributed by atoms with van der Waals surface area (Å²) in [6.07, 6.45) is 1.60. The van der Waals surface area contributed by atoms with Crippen LogP contribution in [0.4, 0.5) is 0 Å². The maximum atomic E-state index is 11.6. The summed E-state index contributed by atoms with van der Waals surface area (Å²) in [7, 11) is -1.05. The SMILES string of the molecule is CC(C)(C)S(=O)NCc1ncc(Cl)s1. The zero-order valence-corrected chi connectivity index (χ0v) is 10.7. The minimum absolute atomic E-state index is 0.249. The van der Waals surface area contributed by atoms with Crippen molar-refractivity contribution in [3.63, 3.8) is 0 Å². The molecule has 1 unspecified atom stereocenters. The monoisotopic (exact) mass is 252 g/mol. The van der Waals surface area contributed by atoms with E-state index in [4.69, 9.17) is 11.6 Å². The van der Waals surface area contributed by atoms with Crippen molar-refractivity contribution in [3.05, 3.63) is 15.5 Å². The molecule has 0 aliphatic heterocycles. The highest BCUT2D eigenvalue weighted by atomic mass is 35.5. The van der Waals surface area contributed by atoms with Crippen LogP contribution < -0.4 is 4.72 Å². The molecule has 0 amide bonds. The summed E-state index contributed by atoms with van der Waals surface area (Å²) in [4.78, 5) is 4.06. The quantitative estimate of drug-likeness (QED) is 0.897. The molecule has 0 aliphatic carbocycles. The molecule has 0 aromatic carbocycles. The summed E-state index contributed by atoms with van der Waals surface area (Å²) < 4.78 is 14.9. The summed E-state index contributed by atoms with van der Waals surface area (Å²) in [5.74, 6) is 0. The standard InChI is InChI=1S/C8H13ClN2OS2/c1-8(2,3)14(12)11-5-7-10-4-6(9)13-7/h4,11H,5H2,1-3H3. The van der Waals surface area contributed by atoms with E-state index in [0.717, 1.165) is 5.01 Å². The van der Waals surface area contributed by atoms with Gasteiger partial charge in [0.15, 0.2) is 0 Å². The first-order valence-corrected chi connectivity index (χ1v) is 6.49. The Bertz CT molecular complexity index is 332. The van der Waals surface area contributed by atoms with Crippen LogP contribution in [0.2, 0.25) is 4.34 Å². The molecular formula is C8H13ClN2OS2. The van der Waals surface area contributed by atoms with Gasteiger partial charge in [-0.2, -0.15) is 0 Å². The zero-order chi connectivity index (χ0) is 10.8. The third-order valence-corrected chi connectivity index (χ3v) is 4.07. The Morgan fingerprint density at radius 3 is 2.71 bits per heavy atom. The van der Waals surface area contributed by atoms with Gasteiger partial charge >= 0.3 is 0 Å². The van der Waals surface area contributed by atoms with E-state index in [1.807, 2.05) is 20.8 Å². The topological polar surface area (TPSA) is 42.0 Å². The number of nitrogens with zero attached hydrogens (tertiary/aromatic N) is 1. The highest BCUT2D eigenvalue weighted by molar-refractivity contribution is 7.84. The molecule has 0 saturated heterocycles. The Balaban J connectivity index is 2.46. The maximum absolute atomic E-state index is 11.6. The molecule has 1 aromatic heterocycles. The number of halogens is 1. The molecule has 6 heteroatoms. The average Bonchev–Trinajstić information content (AvgIpc) is 2.45. The van der Waals surface area contributed by atoms with E-state index < -0.39 is 11.0 Å². The number of nitrogens with one attached hydrogen (secondary N) is 1. The molecule has 1 N–H and O–H groups in total. The lowest BCUT2D eigenvalue weighted by atomic mass is 10.3. The van der Waals surface area contributed by atoms with Crippen LogP contribution in [0, 0.1) is 0 Å². The Morgan fingerprint density at radius 2 is 2.29 bits per heavy atom. The first kappa shape index (κ1) is 12.1. The third-order valence-electron chi connectivity index (χ3n) is 1.44. The number of hydrogen-bond donors (Lipinski definition) is 1. The molecule has 0 saturated carbocycles. The molecule has 80 valence electrons. The predicted octanol–water partition coefficient (Wildman–Crippen LogP) is 2.35. The lowest BCUT2D eigenvalue weighted by molar-refractivity contribution is 0.634. The zero-order valence-electron chi connectivity index (χ0n) is 8.33. The fraction of sp³-hybridized carbons (Fsp3) is 0.625. The van der Waals surface area contributed by atoms with Crippen LogP contribution in [0.15, 0.2) is 6.20 Å². The van der Waals surface area contributed by atoms with Crippen LogP contribution >= 0.6 is 22.9 Å². The summed E-state index contributed by atoms with van der Waals surface area (Å²) in [6.45, 7) is 6.27. The Hall–Kier alpha value is 0.0300. The van der Waals surface area contributed by atoms with Gasteiger partial charge in [0.1, 0.15) is 9.34 Å². The first-order valence-electron chi connectivity index (χ1n) is 4.15. The van der Waals surface area contributed by atoms with Crippen LogP contribution in [-0.2, 0) is 17.5 Å². The van der Waals surface area contributed by atoms with Gasteiger partial charge in [0.05, 0.1) is 28.5 Å². The average molecular weight is 253 g/mol. The van der Waals surface area contributed by atoms with Crippen LogP contribution in [0.1, 0.15) is 25.8 Å². The minimum Gasteiger partial charge on any atom is -0.247 e. The lowest BCUT2D eigenvalue weighted by Crippen LogP contribution is -2.32. The Morgan fingerprint density at radius 1 is 1.64 bits per heavy atom. The molecular weight excluding hydrogens is 240 g/mol. The second-order valence-electron chi connectivity index (χ2n) is 3.76. The van der Waals surface area contributed by atoms with E-state index in [1.165, 1.54) is 11.3 Å². The van der Waals surface area contributed by atoms with Gasteiger partial charge in [-0.1, -0.05) is 11.6 Å². The van der Waals surface area contributed by atoms with Crippen LogP contribution in [0.5, 0.6) is 0 Å². The molecule has 0 radical (unpaired) electrons. The van der Waals surface area contributed by atoms with Crippen molar-refractivity contribution in [3.8, 4) is 0 Å². The van der Waals surface area contributed by atoms with Crippen molar-refractivity contribution >= 4 is 33.9 Å². The van der Waals surface area contributed by atoms with Gasteiger partial charge in [-0.05, 0) is 20.8 Å². The summed E-state index contributed by atoms with van der Waals surface area (Å²) >= 11 is 7.12. The molecule has 1 heterocycles. The van der Waals surface area contributed by atoms with E-state index in [1.54, 1.807) is 6.20 Å². The number of thiazole rings is 1. The van der Waals surface area contributed by atoms with Gasteiger partial charge in [0.25, 0.3) is 0 Å². The van der Waals surface area contributed by atoms with Crippen molar-refractivity contribution in [1.29, 1.82) is 0 Å². The number of rotatable bonds is 3. The van der Waals surface area contributed by atoms with E-state index in [-0.39, 0.29) is 4.75 Å². The highest BCUT2D eigenvalue weighted by Crippen LogP contribution is 2.18. The second-order valence-corrected chi connectivity index (χ2v) is 7.56. The van der Waals surface area contributed by atoms with Gasteiger partial charge in [-0.3, -0.25) is 0 Å². The molecule has 14 heavy (non-hydrogen) atoms. The molecule has 0 bridgehead atoms. The Kier molecular flexibility index (Phi) is 4.06. The van der Waals surface area contributed by atoms with Gasteiger partial charge in [0, 0.05) is 0 Å². The van der Waals surface area contributed by atoms with Crippen molar-refractivity contribution in [2.45, 2.75) is 32.1 Å². The van der Waals surface area contributed by atoms with Crippen molar-refractivity contribution in [2.75, 3.05) is 0 Å². The second kappa shape index (κ2) is 4.70. The minimum atomic E-state index is -1.05. The van der Waals surface area contributed by atoms with Crippen LogP contribution in [-0.4, -0.2) is 13.9 Å². The molecule has 3 nitrogen and oxygen atoms in total. The fourth-order valence-corrected chi connectivity index (χ4v) is 2.40. The van der Waals surface area contributed by atoms with Gasteiger partial charge in [0.2, 0.25) is 0 Å². The Labute approximate surface area is 95.5 Å². The van der Waals surface area contributed by atoms with Crippen LogP contribution in [0.3, 0.4) is 0 Å². The normalized spacial score (nSPS) is 14.3. The highest BCUT2D eigenvalue weighted by Gasteiger charge is 2.19. The summed E-state index contributed by atoms with van der Waals surface area (Å²) in [6, 6.07) is 0. The van der Waals surface area contributed by atoms with Gasteiger partial charge in [-0.25, -0.2) is 13.9 Å². The van der Waals surface area contributed by atoms with E-state index in [0.29, 0.717) is 10.9 Å². The van der Waals surface area contributed by atoms with Crippen molar-refractivity contribution in [2.24, 2.45) is 0 Å². The van der Waals surface area contributed by atoms with Crippen molar-refractivity contribution in [1.82, 2.24) is 9.71 Å². The molecule has 0 spiro atoms. The molecule has 1 aromatic rings. The molecule has 0 aliphatic rings. The lowest BCUT2D eigenvalue weighted by Gasteiger charge is -2.17. The van der Waals surface area contributed by atoms with Gasteiger partial charge < -0.3 is 0 Å². The first-order chi connectivity index (χ1) is 6.39. The van der Waals surface area contributed by atoms with E-state index in [2.05, 4.69) is 9.71 Å². The molecule has 1 rings (SSSR count). The van der Waals surface area contributed by atoms with E-state index in [9.17, 15) is 4.21 Å². The third kappa shape index (κ3) is 3.65. The smallest absolute Gasteiger partial charge is 0.113 e. The summed E-state index contributed by atoms with van der Waals surface area (Å²) in [5, 5.41) is 0.854. The largest absolute Gasteiger partial charge is 0.247 e. The summed E-state index contributed by atoms with van der Waals surface area (Å²) in [5.41, 5.74) is 0.